The molecule has 2 aromatic carbocycles. The van der Waals surface area contributed by atoms with Gasteiger partial charge in [0.1, 0.15) is 6.07 Å². The summed E-state index contributed by atoms with van der Waals surface area (Å²) in [5, 5.41) is 12.9. The molecule has 92 valence electrons. The number of fused-ring (bicyclic) bond motifs is 1. The number of anilines is 2. The molecule has 0 aliphatic heterocycles. The van der Waals surface area contributed by atoms with Crippen molar-refractivity contribution < 1.29 is 0 Å². The van der Waals surface area contributed by atoms with E-state index in [0.717, 1.165) is 21.6 Å². The molecule has 0 saturated carbocycles. The fourth-order valence-corrected chi connectivity index (χ4v) is 2.69. The molecule has 0 fully saturated rings. The SMILES string of the molecule is N#Cc1cc(Cl)ccc1Nc1ccc2ncsc2c1. The van der Waals surface area contributed by atoms with Crippen LogP contribution >= 0.6 is 22.9 Å². The number of hydrogen-bond donors (Lipinski definition) is 1. The first-order valence-electron chi connectivity index (χ1n) is 5.56. The molecule has 1 aromatic heterocycles. The Balaban J connectivity index is 1.98. The van der Waals surface area contributed by atoms with Crippen molar-refractivity contribution in [3.8, 4) is 6.07 Å². The predicted octanol–water partition coefficient (Wildman–Crippen LogP) is 4.56. The third kappa shape index (κ3) is 2.39. The van der Waals surface area contributed by atoms with E-state index in [1.165, 1.54) is 0 Å². The van der Waals surface area contributed by atoms with Crippen LogP contribution in [0.5, 0.6) is 0 Å². The van der Waals surface area contributed by atoms with Gasteiger partial charge in [-0.15, -0.1) is 11.3 Å². The zero-order valence-corrected chi connectivity index (χ0v) is 11.3. The van der Waals surface area contributed by atoms with E-state index < -0.39 is 0 Å². The zero-order valence-electron chi connectivity index (χ0n) is 9.72. The molecular weight excluding hydrogens is 278 g/mol. The van der Waals surface area contributed by atoms with Gasteiger partial charge in [-0.05, 0) is 36.4 Å². The van der Waals surface area contributed by atoms with Crippen molar-refractivity contribution >= 4 is 44.5 Å². The molecule has 0 amide bonds. The molecule has 0 radical (unpaired) electrons. The van der Waals surface area contributed by atoms with Crippen molar-refractivity contribution in [2.45, 2.75) is 0 Å². The number of nitriles is 1. The number of benzene rings is 2. The molecule has 0 unspecified atom stereocenters. The standard InChI is InChI=1S/C14H8ClN3S/c15-10-1-3-12(9(5-10)7-16)18-11-2-4-13-14(6-11)19-8-17-13/h1-6,8,18H. The number of halogens is 1. The Morgan fingerprint density at radius 1 is 1.21 bits per heavy atom. The molecule has 1 N–H and O–H groups in total. The smallest absolute Gasteiger partial charge is 0.101 e. The van der Waals surface area contributed by atoms with Gasteiger partial charge in [0.05, 0.1) is 27.0 Å². The van der Waals surface area contributed by atoms with E-state index >= 15 is 0 Å². The van der Waals surface area contributed by atoms with Gasteiger partial charge in [0, 0.05) is 10.7 Å². The predicted molar refractivity (Wildman–Crippen MR) is 79.1 cm³/mol. The van der Waals surface area contributed by atoms with Gasteiger partial charge >= 0.3 is 0 Å². The largest absolute Gasteiger partial charge is 0.354 e. The minimum absolute atomic E-state index is 0.525. The average Bonchev–Trinajstić information content (AvgIpc) is 2.88. The minimum Gasteiger partial charge on any atom is -0.354 e. The maximum Gasteiger partial charge on any atom is 0.101 e. The van der Waals surface area contributed by atoms with Crippen LogP contribution in [0.3, 0.4) is 0 Å². The molecule has 0 saturated heterocycles. The van der Waals surface area contributed by atoms with Crippen LogP contribution in [-0.2, 0) is 0 Å². The maximum absolute atomic E-state index is 9.10. The van der Waals surface area contributed by atoms with Crippen molar-refractivity contribution in [3.05, 3.63) is 52.5 Å². The first-order valence-corrected chi connectivity index (χ1v) is 6.82. The van der Waals surface area contributed by atoms with Crippen molar-refractivity contribution in [1.82, 2.24) is 4.98 Å². The van der Waals surface area contributed by atoms with Gasteiger partial charge in [-0.1, -0.05) is 11.6 Å². The van der Waals surface area contributed by atoms with Gasteiger partial charge in [0.15, 0.2) is 0 Å². The van der Waals surface area contributed by atoms with E-state index in [1.807, 2.05) is 23.7 Å². The third-order valence-electron chi connectivity index (χ3n) is 2.71. The summed E-state index contributed by atoms with van der Waals surface area (Å²) < 4.78 is 1.11. The van der Waals surface area contributed by atoms with E-state index in [-0.39, 0.29) is 0 Å². The zero-order chi connectivity index (χ0) is 13.2. The molecule has 3 nitrogen and oxygen atoms in total. The van der Waals surface area contributed by atoms with Crippen molar-refractivity contribution in [3.63, 3.8) is 0 Å². The second-order valence-electron chi connectivity index (χ2n) is 3.96. The number of thiazole rings is 1. The quantitative estimate of drug-likeness (QED) is 0.750. The molecule has 0 atom stereocenters. The first-order chi connectivity index (χ1) is 9.26. The summed E-state index contributed by atoms with van der Waals surface area (Å²) in [7, 11) is 0. The van der Waals surface area contributed by atoms with Crippen molar-refractivity contribution in [1.29, 1.82) is 5.26 Å². The van der Waals surface area contributed by atoms with Crippen LogP contribution in [0.2, 0.25) is 5.02 Å². The molecule has 5 heteroatoms. The number of aromatic nitrogens is 1. The van der Waals surface area contributed by atoms with Crippen LogP contribution < -0.4 is 5.32 Å². The van der Waals surface area contributed by atoms with E-state index in [1.54, 1.807) is 29.5 Å². The molecule has 3 aromatic rings. The average molecular weight is 286 g/mol. The summed E-state index contributed by atoms with van der Waals surface area (Å²) in [5.74, 6) is 0. The molecular formula is C14H8ClN3S. The second kappa shape index (κ2) is 4.88. The van der Waals surface area contributed by atoms with Crippen molar-refractivity contribution in [2.24, 2.45) is 0 Å². The van der Waals surface area contributed by atoms with Gasteiger partial charge in [-0.3, -0.25) is 0 Å². The molecule has 0 aliphatic carbocycles. The van der Waals surface area contributed by atoms with E-state index in [2.05, 4.69) is 16.4 Å². The summed E-state index contributed by atoms with van der Waals surface area (Å²) in [5.41, 5.74) is 4.99. The Morgan fingerprint density at radius 2 is 2.11 bits per heavy atom. The highest BCUT2D eigenvalue weighted by atomic mass is 35.5. The van der Waals surface area contributed by atoms with Crippen LogP contribution in [0, 0.1) is 11.3 Å². The molecule has 3 rings (SSSR count). The minimum atomic E-state index is 0.525. The third-order valence-corrected chi connectivity index (χ3v) is 3.74. The fraction of sp³-hybridized carbons (Fsp3) is 0. The molecule has 19 heavy (non-hydrogen) atoms. The number of nitrogens with zero attached hydrogens (tertiary/aromatic N) is 2. The maximum atomic E-state index is 9.10. The molecule has 1 heterocycles. The highest BCUT2D eigenvalue weighted by Crippen LogP contribution is 2.27. The lowest BCUT2D eigenvalue weighted by atomic mass is 10.2. The first kappa shape index (κ1) is 12.0. The monoisotopic (exact) mass is 285 g/mol. The van der Waals surface area contributed by atoms with Crippen molar-refractivity contribution in [2.75, 3.05) is 5.32 Å². The Kier molecular flexibility index (Phi) is 3.08. The fourth-order valence-electron chi connectivity index (χ4n) is 1.81. The summed E-state index contributed by atoms with van der Waals surface area (Å²) in [6.07, 6.45) is 0. The van der Waals surface area contributed by atoms with E-state index in [0.29, 0.717) is 10.6 Å². The van der Waals surface area contributed by atoms with Gasteiger partial charge in [-0.25, -0.2) is 4.98 Å². The van der Waals surface area contributed by atoms with Gasteiger partial charge in [0.2, 0.25) is 0 Å². The van der Waals surface area contributed by atoms with Crippen LogP contribution in [0.4, 0.5) is 11.4 Å². The van der Waals surface area contributed by atoms with Gasteiger partial charge < -0.3 is 5.32 Å². The van der Waals surface area contributed by atoms with E-state index in [4.69, 9.17) is 16.9 Å². The number of rotatable bonds is 2. The Hall–Kier alpha value is -2.09. The van der Waals surface area contributed by atoms with Crippen LogP contribution in [0.1, 0.15) is 5.56 Å². The van der Waals surface area contributed by atoms with Crippen LogP contribution in [-0.4, -0.2) is 4.98 Å². The number of nitrogens with one attached hydrogen (secondary N) is 1. The van der Waals surface area contributed by atoms with Gasteiger partial charge in [-0.2, -0.15) is 5.26 Å². The van der Waals surface area contributed by atoms with E-state index in [9.17, 15) is 0 Å². The molecule has 0 bridgehead atoms. The normalized spacial score (nSPS) is 10.3. The summed E-state index contributed by atoms with van der Waals surface area (Å²) in [4.78, 5) is 4.23. The van der Waals surface area contributed by atoms with Crippen LogP contribution in [0.15, 0.2) is 41.9 Å². The molecule has 0 aliphatic rings. The topological polar surface area (TPSA) is 48.7 Å². The molecule has 0 spiro atoms. The summed E-state index contributed by atoms with van der Waals surface area (Å²) in [6.45, 7) is 0. The highest BCUT2D eigenvalue weighted by Gasteiger charge is 2.04. The Morgan fingerprint density at radius 3 is 2.95 bits per heavy atom. The lowest BCUT2D eigenvalue weighted by molar-refractivity contribution is 1.46. The Bertz CT molecular complexity index is 789. The lowest BCUT2D eigenvalue weighted by Crippen LogP contribution is -1.93. The second-order valence-corrected chi connectivity index (χ2v) is 5.28. The van der Waals surface area contributed by atoms with Gasteiger partial charge in [0.25, 0.3) is 0 Å². The Labute approximate surface area is 119 Å². The summed E-state index contributed by atoms with van der Waals surface area (Å²) in [6, 6.07) is 13.3. The number of hydrogen-bond acceptors (Lipinski definition) is 4. The summed E-state index contributed by atoms with van der Waals surface area (Å²) >= 11 is 7.46. The lowest BCUT2D eigenvalue weighted by Gasteiger charge is -2.08. The highest BCUT2D eigenvalue weighted by molar-refractivity contribution is 7.16. The van der Waals surface area contributed by atoms with Crippen LogP contribution in [0.25, 0.3) is 10.2 Å².